The monoisotopic (exact) mass is 174 g/mol. The molecule has 0 amide bonds. The number of aryl methyl sites for hydroxylation is 2. The Labute approximate surface area is 75.7 Å². The summed E-state index contributed by atoms with van der Waals surface area (Å²) in [5.74, 6) is 0. The molecule has 0 bridgehead atoms. The standard InChI is InChI=1S/C10H10N2O/c1-7-4-3-5-12-8(2)6-9(13)11-10(7)12/h3-6H,1-2H3. The molecule has 0 spiro atoms. The first-order chi connectivity index (χ1) is 6.18. The second-order valence-corrected chi connectivity index (χ2v) is 3.12. The van der Waals surface area contributed by atoms with E-state index in [-0.39, 0.29) is 5.56 Å². The van der Waals surface area contributed by atoms with Crippen molar-refractivity contribution in [2.24, 2.45) is 0 Å². The molecule has 3 nitrogen and oxygen atoms in total. The Morgan fingerprint density at radius 2 is 2.15 bits per heavy atom. The fraction of sp³-hybridized carbons (Fsp3) is 0.200. The van der Waals surface area contributed by atoms with Crippen molar-refractivity contribution in [1.29, 1.82) is 0 Å². The molecule has 0 unspecified atom stereocenters. The van der Waals surface area contributed by atoms with Gasteiger partial charge in [-0.25, -0.2) is 0 Å². The smallest absolute Gasteiger partial charge is 0.273 e. The third kappa shape index (κ3) is 1.22. The van der Waals surface area contributed by atoms with E-state index in [0.29, 0.717) is 0 Å². The van der Waals surface area contributed by atoms with Crippen molar-refractivity contribution in [1.82, 2.24) is 9.38 Å². The predicted octanol–water partition coefficient (Wildman–Crippen LogP) is 1.31. The predicted molar refractivity (Wildman–Crippen MR) is 50.9 cm³/mol. The SMILES string of the molecule is Cc1cccn2c(C)cc(=O)nc12. The van der Waals surface area contributed by atoms with Gasteiger partial charge in [0, 0.05) is 18.0 Å². The fourth-order valence-corrected chi connectivity index (χ4v) is 1.42. The van der Waals surface area contributed by atoms with E-state index in [1.807, 2.05) is 36.6 Å². The van der Waals surface area contributed by atoms with Crippen molar-refractivity contribution < 1.29 is 0 Å². The Morgan fingerprint density at radius 1 is 1.38 bits per heavy atom. The number of aromatic nitrogens is 2. The summed E-state index contributed by atoms with van der Waals surface area (Å²) in [6.45, 7) is 3.84. The van der Waals surface area contributed by atoms with Gasteiger partial charge in [0.2, 0.25) is 0 Å². The topological polar surface area (TPSA) is 34.4 Å². The lowest BCUT2D eigenvalue weighted by molar-refractivity contribution is 1.00. The summed E-state index contributed by atoms with van der Waals surface area (Å²) >= 11 is 0. The van der Waals surface area contributed by atoms with E-state index >= 15 is 0 Å². The molecule has 2 aromatic rings. The van der Waals surface area contributed by atoms with Gasteiger partial charge in [0.25, 0.3) is 5.56 Å². The molecule has 13 heavy (non-hydrogen) atoms. The van der Waals surface area contributed by atoms with Gasteiger partial charge in [-0.15, -0.1) is 0 Å². The third-order valence-corrected chi connectivity index (χ3v) is 2.09. The maximum absolute atomic E-state index is 11.1. The maximum Gasteiger partial charge on any atom is 0.273 e. The number of fused-ring (bicyclic) bond motifs is 1. The number of pyridine rings is 1. The Balaban J connectivity index is 3.03. The second-order valence-electron chi connectivity index (χ2n) is 3.12. The van der Waals surface area contributed by atoms with Gasteiger partial charge in [0.05, 0.1) is 0 Å². The number of nitrogens with zero attached hydrogens (tertiary/aromatic N) is 2. The van der Waals surface area contributed by atoms with Crippen LogP contribution in [0.15, 0.2) is 29.2 Å². The first-order valence-corrected chi connectivity index (χ1v) is 4.14. The Bertz CT molecular complexity index is 514. The van der Waals surface area contributed by atoms with E-state index < -0.39 is 0 Å². The summed E-state index contributed by atoms with van der Waals surface area (Å²) in [6, 6.07) is 5.43. The third-order valence-electron chi connectivity index (χ3n) is 2.09. The molecule has 0 N–H and O–H groups in total. The van der Waals surface area contributed by atoms with Gasteiger partial charge < -0.3 is 4.40 Å². The summed E-state index contributed by atoms with van der Waals surface area (Å²) in [7, 11) is 0. The van der Waals surface area contributed by atoms with Crippen molar-refractivity contribution in [3.63, 3.8) is 0 Å². The van der Waals surface area contributed by atoms with Gasteiger partial charge in [-0.2, -0.15) is 4.98 Å². The van der Waals surface area contributed by atoms with Crippen LogP contribution in [0, 0.1) is 13.8 Å². The highest BCUT2D eigenvalue weighted by atomic mass is 16.1. The molecule has 2 rings (SSSR count). The van der Waals surface area contributed by atoms with Crippen molar-refractivity contribution >= 4 is 5.65 Å². The molecule has 0 aromatic carbocycles. The van der Waals surface area contributed by atoms with Crippen LogP contribution in [0.1, 0.15) is 11.3 Å². The van der Waals surface area contributed by atoms with Gasteiger partial charge >= 0.3 is 0 Å². The van der Waals surface area contributed by atoms with E-state index in [1.54, 1.807) is 0 Å². The van der Waals surface area contributed by atoms with Gasteiger partial charge in [0.15, 0.2) is 0 Å². The van der Waals surface area contributed by atoms with Crippen molar-refractivity contribution in [2.45, 2.75) is 13.8 Å². The summed E-state index contributed by atoms with van der Waals surface area (Å²) in [6.07, 6.45) is 1.91. The van der Waals surface area contributed by atoms with Crippen LogP contribution in [0.4, 0.5) is 0 Å². The average Bonchev–Trinajstić information content (AvgIpc) is 2.07. The summed E-state index contributed by atoms with van der Waals surface area (Å²) in [5, 5.41) is 0. The van der Waals surface area contributed by atoms with E-state index in [2.05, 4.69) is 4.98 Å². The lowest BCUT2D eigenvalue weighted by Crippen LogP contribution is -2.10. The lowest BCUT2D eigenvalue weighted by atomic mass is 10.3. The van der Waals surface area contributed by atoms with Crippen LogP contribution < -0.4 is 5.56 Å². The summed E-state index contributed by atoms with van der Waals surface area (Å²) < 4.78 is 1.91. The van der Waals surface area contributed by atoms with Crippen LogP contribution in [0.3, 0.4) is 0 Å². The van der Waals surface area contributed by atoms with Crippen LogP contribution in [-0.2, 0) is 0 Å². The number of rotatable bonds is 0. The van der Waals surface area contributed by atoms with Crippen molar-refractivity contribution in [3.8, 4) is 0 Å². The molecule has 0 aliphatic carbocycles. The zero-order chi connectivity index (χ0) is 9.42. The van der Waals surface area contributed by atoms with E-state index in [1.165, 1.54) is 6.07 Å². The molecule has 0 atom stereocenters. The summed E-state index contributed by atoms with van der Waals surface area (Å²) in [5.41, 5.74) is 2.50. The van der Waals surface area contributed by atoms with Crippen molar-refractivity contribution in [2.75, 3.05) is 0 Å². The first kappa shape index (κ1) is 7.98. The molecule has 0 radical (unpaired) electrons. The maximum atomic E-state index is 11.1. The van der Waals surface area contributed by atoms with Gasteiger partial charge in [-0.3, -0.25) is 4.79 Å². The molecule has 0 fully saturated rings. The molecule has 3 heteroatoms. The fourth-order valence-electron chi connectivity index (χ4n) is 1.42. The lowest BCUT2D eigenvalue weighted by Gasteiger charge is -2.05. The molecule has 0 saturated carbocycles. The average molecular weight is 174 g/mol. The van der Waals surface area contributed by atoms with E-state index in [4.69, 9.17) is 0 Å². The zero-order valence-electron chi connectivity index (χ0n) is 7.61. The van der Waals surface area contributed by atoms with Crippen LogP contribution in [-0.4, -0.2) is 9.38 Å². The molecule has 66 valence electrons. The highest BCUT2D eigenvalue weighted by molar-refractivity contribution is 5.46. The largest absolute Gasteiger partial charge is 0.305 e. The van der Waals surface area contributed by atoms with Gasteiger partial charge in [-0.05, 0) is 25.5 Å². The van der Waals surface area contributed by atoms with E-state index in [9.17, 15) is 4.79 Å². The molecular formula is C10H10N2O. The zero-order valence-corrected chi connectivity index (χ0v) is 7.61. The Morgan fingerprint density at radius 3 is 2.92 bits per heavy atom. The van der Waals surface area contributed by atoms with Crippen LogP contribution >= 0.6 is 0 Å². The minimum absolute atomic E-state index is 0.174. The van der Waals surface area contributed by atoms with Gasteiger partial charge in [-0.1, -0.05) is 6.07 Å². The minimum Gasteiger partial charge on any atom is -0.305 e. The molecule has 2 aromatic heterocycles. The number of hydrogen-bond donors (Lipinski definition) is 0. The summed E-state index contributed by atoms with van der Waals surface area (Å²) in [4.78, 5) is 15.1. The molecule has 0 aliphatic heterocycles. The van der Waals surface area contributed by atoms with Crippen LogP contribution in [0.25, 0.3) is 5.65 Å². The Kier molecular flexibility index (Phi) is 1.65. The van der Waals surface area contributed by atoms with E-state index in [0.717, 1.165) is 16.9 Å². The molecule has 0 aliphatic rings. The normalized spacial score (nSPS) is 10.6. The molecular weight excluding hydrogens is 164 g/mol. The van der Waals surface area contributed by atoms with Crippen LogP contribution in [0.2, 0.25) is 0 Å². The quantitative estimate of drug-likeness (QED) is 0.603. The van der Waals surface area contributed by atoms with Crippen LogP contribution in [0.5, 0.6) is 0 Å². The highest BCUT2D eigenvalue weighted by Crippen LogP contribution is 2.06. The molecule has 2 heterocycles. The van der Waals surface area contributed by atoms with Gasteiger partial charge in [0.1, 0.15) is 5.65 Å². The Hall–Kier alpha value is -1.64. The first-order valence-electron chi connectivity index (χ1n) is 4.14. The van der Waals surface area contributed by atoms with Crippen molar-refractivity contribution in [3.05, 3.63) is 46.0 Å². The second kappa shape index (κ2) is 2.69. The minimum atomic E-state index is -0.174. The number of hydrogen-bond acceptors (Lipinski definition) is 2. The highest BCUT2D eigenvalue weighted by Gasteiger charge is 2.00. The molecule has 0 saturated heterocycles.